The molecule has 0 fully saturated rings. The molecule has 0 unspecified atom stereocenters. The van der Waals surface area contributed by atoms with Crippen molar-refractivity contribution in [1.29, 1.82) is 0 Å². The lowest BCUT2D eigenvalue weighted by Crippen LogP contribution is -1.95. The van der Waals surface area contributed by atoms with Crippen LogP contribution in [0.15, 0.2) is 10.5 Å². The van der Waals surface area contributed by atoms with E-state index in [0.717, 1.165) is 16.0 Å². The predicted octanol–water partition coefficient (Wildman–Crippen LogP) is 2.50. The molecule has 0 amide bonds. The highest BCUT2D eigenvalue weighted by Gasteiger charge is 2.01. The Labute approximate surface area is 75.2 Å². The van der Waals surface area contributed by atoms with Crippen LogP contribution in [0.1, 0.15) is 11.3 Å². The lowest BCUT2D eigenvalue weighted by molar-refractivity contribution is 1.14. The van der Waals surface area contributed by atoms with Gasteiger partial charge in [0.25, 0.3) is 0 Å². The highest BCUT2D eigenvalue weighted by atomic mass is 79.9. The number of rotatable bonds is 1. The smallest absolute Gasteiger partial charge is 0.126 e. The van der Waals surface area contributed by atoms with Crippen LogP contribution in [0.25, 0.3) is 0 Å². The van der Waals surface area contributed by atoms with Gasteiger partial charge in [0.15, 0.2) is 0 Å². The number of hydrogen-bond donors (Lipinski definition) is 1. The molecular weight excluding hydrogens is 204 g/mol. The fraction of sp³-hybridized carbons (Fsp3) is 0.375. The molecule has 0 aliphatic rings. The largest absolute Gasteiger partial charge is 0.373 e. The van der Waals surface area contributed by atoms with Crippen molar-refractivity contribution in [3.8, 4) is 0 Å². The molecule has 3 heteroatoms. The molecule has 1 heterocycles. The number of nitrogens with one attached hydrogen (secondary N) is 1. The molecule has 60 valence electrons. The first-order valence-electron chi connectivity index (χ1n) is 3.46. The van der Waals surface area contributed by atoms with Crippen molar-refractivity contribution >= 4 is 21.7 Å². The summed E-state index contributed by atoms with van der Waals surface area (Å²) in [7, 11) is 1.87. The maximum atomic E-state index is 4.29. The first-order chi connectivity index (χ1) is 5.15. The van der Waals surface area contributed by atoms with E-state index < -0.39 is 0 Å². The van der Waals surface area contributed by atoms with Crippen molar-refractivity contribution in [2.45, 2.75) is 13.8 Å². The van der Waals surface area contributed by atoms with Gasteiger partial charge >= 0.3 is 0 Å². The molecular formula is C8H11BrN2. The third-order valence-corrected chi connectivity index (χ3v) is 2.76. The highest BCUT2D eigenvalue weighted by molar-refractivity contribution is 9.10. The number of hydrogen-bond acceptors (Lipinski definition) is 2. The number of pyridine rings is 1. The molecule has 0 saturated carbocycles. The third-order valence-electron chi connectivity index (χ3n) is 1.56. The first-order valence-corrected chi connectivity index (χ1v) is 4.26. The second-order valence-corrected chi connectivity index (χ2v) is 3.27. The average molecular weight is 215 g/mol. The Hall–Kier alpha value is -0.570. The zero-order valence-electron chi connectivity index (χ0n) is 6.90. The van der Waals surface area contributed by atoms with E-state index in [1.54, 1.807) is 0 Å². The van der Waals surface area contributed by atoms with E-state index in [2.05, 4.69) is 33.2 Å². The summed E-state index contributed by atoms with van der Waals surface area (Å²) < 4.78 is 1.09. The SMILES string of the molecule is CNc1cc(C)c(Br)c(C)n1. The van der Waals surface area contributed by atoms with Gasteiger partial charge in [-0.1, -0.05) is 0 Å². The minimum absolute atomic E-state index is 0.920. The second-order valence-electron chi connectivity index (χ2n) is 2.47. The molecule has 0 radical (unpaired) electrons. The Morgan fingerprint density at radius 2 is 2.09 bits per heavy atom. The van der Waals surface area contributed by atoms with E-state index in [1.807, 2.05) is 20.0 Å². The summed E-state index contributed by atoms with van der Waals surface area (Å²) in [6, 6.07) is 2.01. The zero-order chi connectivity index (χ0) is 8.43. The van der Waals surface area contributed by atoms with Crippen molar-refractivity contribution in [1.82, 2.24) is 4.98 Å². The topological polar surface area (TPSA) is 24.9 Å². The van der Waals surface area contributed by atoms with Crippen molar-refractivity contribution < 1.29 is 0 Å². The lowest BCUT2D eigenvalue weighted by Gasteiger charge is -2.05. The maximum Gasteiger partial charge on any atom is 0.126 e. The van der Waals surface area contributed by atoms with Crippen molar-refractivity contribution in [3.05, 3.63) is 21.8 Å². The van der Waals surface area contributed by atoms with Gasteiger partial charge in [0.1, 0.15) is 5.82 Å². The molecule has 0 aliphatic heterocycles. The molecule has 2 nitrogen and oxygen atoms in total. The second kappa shape index (κ2) is 3.22. The molecule has 1 aromatic heterocycles. The van der Waals surface area contributed by atoms with Crippen molar-refractivity contribution in [2.75, 3.05) is 12.4 Å². The summed E-state index contributed by atoms with van der Waals surface area (Å²) in [5, 5.41) is 3.00. The molecule has 1 aromatic rings. The number of aromatic nitrogens is 1. The van der Waals surface area contributed by atoms with Crippen LogP contribution in [0, 0.1) is 13.8 Å². The minimum Gasteiger partial charge on any atom is -0.373 e. The van der Waals surface area contributed by atoms with Crippen LogP contribution in [0.4, 0.5) is 5.82 Å². The van der Waals surface area contributed by atoms with E-state index in [1.165, 1.54) is 5.56 Å². The van der Waals surface area contributed by atoms with Gasteiger partial charge in [0.05, 0.1) is 5.69 Å². The summed E-state index contributed by atoms with van der Waals surface area (Å²) in [5.41, 5.74) is 2.23. The molecule has 0 aromatic carbocycles. The van der Waals surface area contributed by atoms with Crippen LogP contribution >= 0.6 is 15.9 Å². The van der Waals surface area contributed by atoms with Crippen LogP contribution in [0.5, 0.6) is 0 Å². The number of aryl methyl sites for hydroxylation is 2. The summed E-state index contributed by atoms with van der Waals surface area (Å²) in [4.78, 5) is 4.29. The van der Waals surface area contributed by atoms with Gasteiger partial charge in [-0.3, -0.25) is 0 Å². The summed E-state index contributed by atoms with van der Waals surface area (Å²) in [5.74, 6) is 0.920. The normalized spacial score (nSPS) is 9.82. The molecule has 0 aliphatic carbocycles. The Morgan fingerprint density at radius 3 is 2.55 bits per heavy atom. The van der Waals surface area contributed by atoms with E-state index >= 15 is 0 Å². The van der Waals surface area contributed by atoms with Crippen LogP contribution in [0.2, 0.25) is 0 Å². The Morgan fingerprint density at radius 1 is 1.45 bits per heavy atom. The molecule has 1 N–H and O–H groups in total. The van der Waals surface area contributed by atoms with Gasteiger partial charge in [-0.15, -0.1) is 0 Å². The fourth-order valence-corrected chi connectivity index (χ4v) is 1.15. The van der Waals surface area contributed by atoms with Gasteiger partial charge < -0.3 is 5.32 Å². The predicted molar refractivity (Wildman–Crippen MR) is 51.0 cm³/mol. The number of anilines is 1. The summed E-state index contributed by atoms with van der Waals surface area (Å²) in [6.07, 6.45) is 0. The lowest BCUT2D eigenvalue weighted by atomic mass is 10.2. The third kappa shape index (κ3) is 1.71. The van der Waals surface area contributed by atoms with E-state index in [0.29, 0.717) is 0 Å². The Bertz CT molecular complexity index is 248. The fourth-order valence-electron chi connectivity index (χ4n) is 0.944. The Balaban J connectivity index is 3.21. The van der Waals surface area contributed by atoms with Crippen LogP contribution in [-0.4, -0.2) is 12.0 Å². The molecule has 0 spiro atoms. The van der Waals surface area contributed by atoms with Crippen molar-refractivity contribution in [2.24, 2.45) is 0 Å². The van der Waals surface area contributed by atoms with Crippen molar-refractivity contribution in [3.63, 3.8) is 0 Å². The highest BCUT2D eigenvalue weighted by Crippen LogP contribution is 2.21. The van der Waals surface area contributed by atoms with Crippen LogP contribution < -0.4 is 5.32 Å². The standard InChI is InChI=1S/C8H11BrN2/c1-5-4-7(10-3)11-6(2)8(5)9/h4H,1-3H3,(H,10,11). The summed E-state index contributed by atoms with van der Waals surface area (Å²) >= 11 is 3.45. The van der Waals surface area contributed by atoms with Gasteiger partial charge in [-0.25, -0.2) is 4.98 Å². The minimum atomic E-state index is 0.920. The summed E-state index contributed by atoms with van der Waals surface area (Å²) in [6.45, 7) is 4.04. The Kier molecular flexibility index (Phi) is 2.49. The quantitative estimate of drug-likeness (QED) is 0.778. The monoisotopic (exact) mass is 214 g/mol. The molecule has 0 saturated heterocycles. The molecule has 0 bridgehead atoms. The van der Waals surface area contributed by atoms with Gasteiger partial charge in [0, 0.05) is 11.5 Å². The van der Waals surface area contributed by atoms with Gasteiger partial charge in [0.2, 0.25) is 0 Å². The van der Waals surface area contributed by atoms with E-state index in [4.69, 9.17) is 0 Å². The molecule has 11 heavy (non-hydrogen) atoms. The number of nitrogens with zero attached hydrogens (tertiary/aromatic N) is 1. The number of halogens is 1. The van der Waals surface area contributed by atoms with Crippen LogP contribution in [0.3, 0.4) is 0 Å². The first kappa shape index (κ1) is 8.53. The molecule has 0 atom stereocenters. The van der Waals surface area contributed by atoms with Gasteiger partial charge in [-0.2, -0.15) is 0 Å². The average Bonchev–Trinajstić information content (AvgIpc) is 1.99. The van der Waals surface area contributed by atoms with Crippen LogP contribution in [-0.2, 0) is 0 Å². The maximum absolute atomic E-state index is 4.29. The van der Waals surface area contributed by atoms with Gasteiger partial charge in [-0.05, 0) is 41.4 Å². The zero-order valence-corrected chi connectivity index (χ0v) is 8.49. The van der Waals surface area contributed by atoms with E-state index in [9.17, 15) is 0 Å². The molecule has 1 rings (SSSR count). The van der Waals surface area contributed by atoms with E-state index in [-0.39, 0.29) is 0 Å².